The summed E-state index contributed by atoms with van der Waals surface area (Å²) in [6, 6.07) is 6.05. The van der Waals surface area contributed by atoms with Gasteiger partial charge in [-0.2, -0.15) is 4.72 Å². The highest BCUT2D eigenvalue weighted by molar-refractivity contribution is 7.89. The Bertz CT molecular complexity index is 1550. The van der Waals surface area contributed by atoms with Crippen molar-refractivity contribution in [3.05, 3.63) is 53.4 Å². The van der Waals surface area contributed by atoms with Crippen LogP contribution in [0.25, 0.3) is 22.1 Å². The largest absolute Gasteiger partial charge is 0.463 e. The van der Waals surface area contributed by atoms with Gasteiger partial charge in [0.05, 0.1) is 11.7 Å². The Kier molecular flexibility index (Phi) is 5.31. The summed E-state index contributed by atoms with van der Waals surface area (Å²) in [5.41, 5.74) is 5.50. The second kappa shape index (κ2) is 8.08. The number of imidazole rings is 1. The van der Waals surface area contributed by atoms with Gasteiger partial charge in [0, 0.05) is 0 Å². The van der Waals surface area contributed by atoms with E-state index in [1.54, 1.807) is 12.1 Å². The van der Waals surface area contributed by atoms with E-state index in [0.717, 1.165) is 6.26 Å². The summed E-state index contributed by atoms with van der Waals surface area (Å²) in [5, 5.41) is 31.5. The van der Waals surface area contributed by atoms with E-state index in [1.165, 1.54) is 29.4 Å². The van der Waals surface area contributed by atoms with Gasteiger partial charge in [-0.1, -0.05) is 12.1 Å². The molecule has 0 bridgehead atoms. The molecule has 34 heavy (non-hydrogen) atoms. The van der Waals surface area contributed by atoms with Gasteiger partial charge in [0.2, 0.25) is 15.5 Å². The number of aliphatic hydroxyl groups excluding tert-OH is 3. The van der Waals surface area contributed by atoms with Crippen LogP contribution >= 0.6 is 0 Å². The second-order valence-electron chi connectivity index (χ2n) is 7.55. The predicted octanol–water partition coefficient (Wildman–Crippen LogP) is -1.57. The standard InChI is InChI=1S/C19H18N6O8S/c20-16-11-17(22-6-21-16)25(7-23-11)19-14(28)13(27)15(33-19)18(29)24-34(30,31)10-5-32-9-4-2-1-3-8(9)12(10)26/h1-7,13-15,18-19,24,27-29H,(H2,20,21,22)/t13-,14+,15-,18?,19+/m0/s1. The van der Waals surface area contributed by atoms with Crippen molar-refractivity contribution in [2.24, 2.45) is 0 Å². The van der Waals surface area contributed by atoms with Crippen LogP contribution in [0.4, 0.5) is 5.82 Å². The lowest BCUT2D eigenvalue weighted by atomic mass is 10.1. The van der Waals surface area contributed by atoms with Gasteiger partial charge in [0.1, 0.15) is 48.2 Å². The summed E-state index contributed by atoms with van der Waals surface area (Å²) in [7, 11) is -4.61. The molecule has 0 amide bonds. The predicted molar refractivity (Wildman–Crippen MR) is 114 cm³/mol. The van der Waals surface area contributed by atoms with Crippen LogP contribution in [0.15, 0.2) is 57.3 Å². The number of nitrogen functional groups attached to an aromatic ring is 1. The average molecular weight is 490 g/mol. The van der Waals surface area contributed by atoms with Gasteiger partial charge in [-0.15, -0.1) is 0 Å². The molecule has 5 atom stereocenters. The van der Waals surface area contributed by atoms with Crippen molar-refractivity contribution in [1.82, 2.24) is 24.2 Å². The molecule has 1 unspecified atom stereocenters. The molecule has 5 rings (SSSR count). The topological polar surface area (TPSA) is 216 Å². The van der Waals surface area contributed by atoms with Crippen LogP contribution in [-0.4, -0.2) is 67.8 Å². The third-order valence-electron chi connectivity index (χ3n) is 5.46. The molecule has 4 aromatic rings. The fraction of sp³-hybridized carbons (Fsp3) is 0.263. The first-order chi connectivity index (χ1) is 16.2. The molecular formula is C19H18N6O8S. The molecule has 1 aliphatic heterocycles. The van der Waals surface area contributed by atoms with Crippen LogP contribution < -0.4 is 15.9 Å². The minimum absolute atomic E-state index is 0.0285. The maximum absolute atomic E-state index is 12.8. The van der Waals surface area contributed by atoms with E-state index >= 15 is 0 Å². The summed E-state index contributed by atoms with van der Waals surface area (Å²) in [5.74, 6) is 0.0790. The lowest BCUT2D eigenvalue weighted by Crippen LogP contribution is -2.49. The summed E-state index contributed by atoms with van der Waals surface area (Å²) < 4.78 is 39.5. The molecule has 6 N–H and O–H groups in total. The van der Waals surface area contributed by atoms with Crippen molar-refractivity contribution in [3.8, 4) is 0 Å². The molecule has 1 saturated heterocycles. The van der Waals surface area contributed by atoms with Gasteiger partial charge in [-0.25, -0.2) is 23.4 Å². The Morgan fingerprint density at radius 3 is 2.71 bits per heavy atom. The first-order valence-electron chi connectivity index (χ1n) is 9.84. The highest BCUT2D eigenvalue weighted by Gasteiger charge is 2.48. The van der Waals surface area contributed by atoms with Gasteiger partial charge >= 0.3 is 0 Å². The average Bonchev–Trinajstić information content (AvgIpc) is 3.36. The minimum atomic E-state index is -4.61. The lowest BCUT2D eigenvalue weighted by Gasteiger charge is -2.21. The van der Waals surface area contributed by atoms with E-state index in [4.69, 9.17) is 14.9 Å². The van der Waals surface area contributed by atoms with Crippen molar-refractivity contribution >= 4 is 38.0 Å². The Morgan fingerprint density at radius 2 is 1.91 bits per heavy atom. The van der Waals surface area contributed by atoms with Crippen LogP contribution in [0, 0.1) is 0 Å². The summed E-state index contributed by atoms with van der Waals surface area (Å²) in [6.07, 6.45) is -5.08. The van der Waals surface area contributed by atoms with E-state index in [2.05, 4.69) is 15.0 Å². The number of anilines is 1. The summed E-state index contributed by atoms with van der Waals surface area (Å²) >= 11 is 0. The first-order valence-corrected chi connectivity index (χ1v) is 11.3. The van der Waals surface area contributed by atoms with E-state index in [1.807, 2.05) is 4.72 Å². The van der Waals surface area contributed by atoms with Gasteiger partial charge in [-0.3, -0.25) is 9.36 Å². The molecule has 1 fully saturated rings. The summed E-state index contributed by atoms with van der Waals surface area (Å²) in [6.45, 7) is 0. The number of rotatable bonds is 5. The minimum Gasteiger partial charge on any atom is -0.463 e. The van der Waals surface area contributed by atoms with Crippen LogP contribution in [0.2, 0.25) is 0 Å². The molecule has 1 aliphatic rings. The molecule has 1 aromatic carbocycles. The zero-order valence-corrected chi connectivity index (χ0v) is 17.9. The lowest BCUT2D eigenvalue weighted by molar-refractivity contribution is -0.0864. The monoisotopic (exact) mass is 490 g/mol. The maximum Gasteiger partial charge on any atom is 0.249 e. The smallest absolute Gasteiger partial charge is 0.249 e. The fourth-order valence-corrected chi connectivity index (χ4v) is 4.88. The highest BCUT2D eigenvalue weighted by Crippen LogP contribution is 2.33. The van der Waals surface area contributed by atoms with E-state index in [-0.39, 0.29) is 28.0 Å². The van der Waals surface area contributed by atoms with Crippen molar-refractivity contribution in [1.29, 1.82) is 0 Å². The third-order valence-corrected chi connectivity index (χ3v) is 6.87. The molecular weight excluding hydrogens is 472 g/mol. The number of nitrogens with two attached hydrogens (primary N) is 1. The number of hydrogen-bond donors (Lipinski definition) is 5. The number of aromatic nitrogens is 4. The molecule has 3 aromatic heterocycles. The molecule has 15 heteroatoms. The van der Waals surface area contributed by atoms with Crippen LogP contribution in [0.3, 0.4) is 0 Å². The zero-order valence-electron chi connectivity index (χ0n) is 17.1. The SMILES string of the molecule is Nc1ncnc2c1ncn2[C@@H]1O[C@H](C(O)NS(=O)(=O)c2coc3ccccc3c2=O)[C@@H](O)[C@H]1O. The molecule has 0 aliphatic carbocycles. The van der Waals surface area contributed by atoms with E-state index in [0.29, 0.717) is 0 Å². The molecule has 0 saturated carbocycles. The molecule has 14 nitrogen and oxygen atoms in total. The number of para-hydroxylation sites is 1. The Morgan fingerprint density at radius 1 is 1.15 bits per heavy atom. The quantitative estimate of drug-likeness (QED) is 0.201. The third kappa shape index (κ3) is 3.51. The Balaban J connectivity index is 1.41. The van der Waals surface area contributed by atoms with Crippen molar-refractivity contribution < 1.29 is 32.9 Å². The first kappa shape index (κ1) is 22.3. The fourth-order valence-electron chi connectivity index (χ4n) is 3.77. The van der Waals surface area contributed by atoms with Crippen LogP contribution in [0.5, 0.6) is 0 Å². The van der Waals surface area contributed by atoms with E-state index in [9.17, 15) is 28.5 Å². The number of aliphatic hydroxyl groups is 3. The van der Waals surface area contributed by atoms with Gasteiger partial charge in [-0.05, 0) is 12.1 Å². The number of nitrogens with one attached hydrogen (secondary N) is 1. The number of ether oxygens (including phenoxy) is 1. The van der Waals surface area contributed by atoms with Crippen LogP contribution in [-0.2, 0) is 14.8 Å². The number of benzene rings is 1. The maximum atomic E-state index is 12.8. The van der Waals surface area contributed by atoms with Gasteiger partial charge < -0.3 is 30.2 Å². The Hall–Kier alpha value is -3.47. The molecule has 4 heterocycles. The Labute approximate surface area is 190 Å². The molecule has 178 valence electrons. The van der Waals surface area contributed by atoms with Crippen molar-refractivity contribution in [2.75, 3.05) is 5.73 Å². The van der Waals surface area contributed by atoms with E-state index < -0.39 is 51.1 Å². The number of hydrogen-bond acceptors (Lipinski definition) is 12. The molecule has 0 spiro atoms. The highest BCUT2D eigenvalue weighted by atomic mass is 32.2. The van der Waals surface area contributed by atoms with Crippen molar-refractivity contribution in [2.45, 2.75) is 35.7 Å². The van der Waals surface area contributed by atoms with Crippen LogP contribution in [0.1, 0.15) is 6.23 Å². The van der Waals surface area contributed by atoms with Crippen molar-refractivity contribution in [3.63, 3.8) is 0 Å². The second-order valence-corrected chi connectivity index (χ2v) is 9.23. The zero-order chi connectivity index (χ0) is 24.2. The van der Waals surface area contributed by atoms with Gasteiger partial charge in [0.25, 0.3) is 0 Å². The van der Waals surface area contributed by atoms with Gasteiger partial charge in [0.15, 0.2) is 22.6 Å². The molecule has 0 radical (unpaired) electrons. The summed E-state index contributed by atoms with van der Waals surface area (Å²) in [4.78, 5) is 23.8. The number of sulfonamides is 1. The normalized spacial score (nSPS) is 24.1. The number of nitrogens with zero attached hydrogens (tertiary/aromatic N) is 4. The number of fused-ring (bicyclic) bond motifs is 2.